The monoisotopic (exact) mass is 460 g/mol. The molecular formula is C26H32N6O2. The summed E-state index contributed by atoms with van der Waals surface area (Å²) in [6.07, 6.45) is 6.14. The van der Waals surface area contributed by atoms with E-state index in [1.165, 1.54) is 5.56 Å². The fraction of sp³-hybridized carbons (Fsp3) is 0.308. The Hall–Kier alpha value is -3.78. The van der Waals surface area contributed by atoms with Gasteiger partial charge in [0, 0.05) is 36.9 Å². The van der Waals surface area contributed by atoms with Gasteiger partial charge in [-0.3, -0.25) is 4.79 Å². The quantitative estimate of drug-likeness (QED) is 0.321. The molecule has 8 heteroatoms. The molecule has 0 aliphatic heterocycles. The second-order valence-corrected chi connectivity index (χ2v) is 8.36. The Labute approximate surface area is 200 Å². The number of hydrogen-bond donors (Lipinski definition) is 3. The Kier molecular flexibility index (Phi) is 7.18. The molecular weight excluding hydrogens is 428 g/mol. The van der Waals surface area contributed by atoms with Crippen LogP contribution < -0.4 is 16.6 Å². The third-order valence-electron chi connectivity index (χ3n) is 5.97. The summed E-state index contributed by atoms with van der Waals surface area (Å²) in [5.41, 5.74) is 11.4. The van der Waals surface area contributed by atoms with Crippen LogP contribution in [-0.2, 0) is 6.54 Å². The van der Waals surface area contributed by atoms with Gasteiger partial charge in [0.1, 0.15) is 5.69 Å². The molecule has 0 bridgehead atoms. The minimum Gasteiger partial charge on any atom is -0.382 e. The number of pyridine rings is 1. The number of aromatic amines is 1. The van der Waals surface area contributed by atoms with Crippen LogP contribution in [0.5, 0.6) is 0 Å². The Morgan fingerprint density at radius 2 is 1.94 bits per heavy atom. The number of anilines is 1. The predicted molar refractivity (Wildman–Crippen MR) is 136 cm³/mol. The van der Waals surface area contributed by atoms with Gasteiger partial charge in [-0.1, -0.05) is 49.7 Å². The molecule has 4 rings (SSSR count). The first-order valence-corrected chi connectivity index (χ1v) is 11.6. The van der Waals surface area contributed by atoms with E-state index in [2.05, 4.69) is 34.3 Å². The highest BCUT2D eigenvalue weighted by Gasteiger charge is 2.18. The maximum Gasteiger partial charge on any atom is 0.251 e. The van der Waals surface area contributed by atoms with Crippen molar-refractivity contribution in [3.63, 3.8) is 0 Å². The lowest BCUT2D eigenvalue weighted by Crippen LogP contribution is -2.16. The van der Waals surface area contributed by atoms with Crippen molar-refractivity contribution in [2.75, 3.05) is 12.8 Å². The molecule has 4 aromatic rings. The minimum absolute atomic E-state index is 0. The van der Waals surface area contributed by atoms with E-state index >= 15 is 0 Å². The number of nitrogens with one attached hydrogen (secondary N) is 2. The van der Waals surface area contributed by atoms with Gasteiger partial charge in [-0.05, 0) is 37.4 Å². The van der Waals surface area contributed by atoms with Gasteiger partial charge in [0.2, 0.25) is 0 Å². The Balaban J connectivity index is 0.00000342. The molecule has 4 N–H and O–H groups in total. The topological polar surface area (TPSA) is 123 Å². The van der Waals surface area contributed by atoms with E-state index < -0.39 is 0 Å². The number of nitrogens with zero attached hydrogens (tertiary/aromatic N) is 3. The number of nitrogen functional groups attached to an aromatic ring is 1. The van der Waals surface area contributed by atoms with Gasteiger partial charge in [0.25, 0.3) is 5.56 Å². The number of benzene rings is 1. The van der Waals surface area contributed by atoms with Crippen LogP contribution in [0.3, 0.4) is 0 Å². The number of hydrogen-bond acceptors (Lipinski definition) is 7. The molecule has 1 atom stereocenters. The average Bonchev–Trinajstić information content (AvgIpc) is 3.34. The molecule has 3 aromatic heterocycles. The van der Waals surface area contributed by atoms with Crippen molar-refractivity contribution in [3.8, 4) is 34.0 Å². The van der Waals surface area contributed by atoms with Crippen molar-refractivity contribution in [2.45, 2.75) is 45.6 Å². The van der Waals surface area contributed by atoms with E-state index in [9.17, 15) is 4.79 Å². The summed E-state index contributed by atoms with van der Waals surface area (Å²) >= 11 is 0. The maximum atomic E-state index is 12.5. The van der Waals surface area contributed by atoms with Gasteiger partial charge in [-0.2, -0.15) is 0 Å². The number of nitrogens with two attached hydrogens (primary N) is 1. The molecule has 34 heavy (non-hydrogen) atoms. The molecule has 1 unspecified atom stereocenters. The minimum atomic E-state index is -0.0618. The summed E-state index contributed by atoms with van der Waals surface area (Å²) in [5.74, 6) is 0.882. The fourth-order valence-electron chi connectivity index (χ4n) is 4.12. The van der Waals surface area contributed by atoms with Gasteiger partial charge >= 0.3 is 0 Å². The van der Waals surface area contributed by atoms with Crippen LogP contribution >= 0.6 is 0 Å². The van der Waals surface area contributed by atoms with E-state index in [0.717, 1.165) is 42.5 Å². The molecule has 1 aromatic carbocycles. The first-order valence-electron chi connectivity index (χ1n) is 11.6. The zero-order valence-electron chi connectivity index (χ0n) is 19.8. The summed E-state index contributed by atoms with van der Waals surface area (Å²) in [6, 6.07) is 11.8. The SMILES string of the molecule is CCCC(CC)c1cc(-c2cnc(N)c(-c3cc(-c4ccc(CNC)cc4)no3)n2)c[nH]c1=O.[HH]. The summed E-state index contributed by atoms with van der Waals surface area (Å²) in [6.45, 7) is 5.03. The average molecular weight is 461 g/mol. The van der Waals surface area contributed by atoms with Crippen LogP contribution in [0, 0.1) is 0 Å². The standard InChI is InChI=1S/C26H30N6O2.H2/c1-4-6-17(5-2)20-11-19(14-30-26(20)33)22-15-29-25(27)24(31-22)23-12-21(32-34-23)18-9-7-16(8-10-18)13-28-3;/h7-12,14-15,17,28H,4-6,13H2,1-3H3,(H2,27,29)(H,30,33);1H. The van der Waals surface area contributed by atoms with Crippen molar-refractivity contribution in [1.29, 1.82) is 0 Å². The molecule has 0 saturated heterocycles. The van der Waals surface area contributed by atoms with Crippen molar-refractivity contribution in [3.05, 3.63) is 70.3 Å². The highest BCUT2D eigenvalue weighted by atomic mass is 16.5. The van der Waals surface area contributed by atoms with Crippen molar-refractivity contribution in [2.24, 2.45) is 0 Å². The first-order chi connectivity index (χ1) is 16.5. The number of rotatable bonds is 9. The second kappa shape index (κ2) is 10.4. The molecule has 3 heterocycles. The van der Waals surface area contributed by atoms with E-state index in [-0.39, 0.29) is 18.7 Å². The summed E-state index contributed by atoms with van der Waals surface area (Å²) < 4.78 is 5.58. The highest BCUT2D eigenvalue weighted by Crippen LogP contribution is 2.30. The Morgan fingerprint density at radius 3 is 2.65 bits per heavy atom. The molecule has 8 nitrogen and oxygen atoms in total. The van der Waals surface area contributed by atoms with E-state index in [1.807, 2.05) is 43.4 Å². The van der Waals surface area contributed by atoms with Crippen LogP contribution in [0.1, 0.15) is 51.6 Å². The van der Waals surface area contributed by atoms with E-state index in [4.69, 9.17) is 15.2 Å². The fourth-order valence-corrected chi connectivity index (χ4v) is 4.12. The molecule has 0 fully saturated rings. The molecule has 0 amide bonds. The molecule has 0 saturated carbocycles. The van der Waals surface area contributed by atoms with Crippen LogP contribution in [0.15, 0.2) is 58.1 Å². The predicted octanol–water partition coefficient (Wildman–Crippen LogP) is 5.00. The van der Waals surface area contributed by atoms with Gasteiger partial charge in [0.15, 0.2) is 17.3 Å². The van der Waals surface area contributed by atoms with Gasteiger partial charge in [0.05, 0.1) is 11.9 Å². The summed E-state index contributed by atoms with van der Waals surface area (Å²) in [7, 11) is 1.92. The van der Waals surface area contributed by atoms with Crippen LogP contribution in [0.25, 0.3) is 34.0 Å². The third-order valence-corrected chi connectivity index (χ3v) is 5.97. The van der Waals surface area contributed by atoms with Crippen molar-refractivity contribution < 1.29 is 5.95 Å². The van der Waals surface area contributed by atoms with Crippen molar-refractivity contribution >= 4 is 5.82 Å². The molecule has 0 aliphatic rings. The van der Waals surface area contributed by atoms with Crippen LogP contribution in [0.4, 0.5) is 5.82 Å². The number of aromatic nitrogens is 4. The molecule has 0 spiro atoms. The normalized spacial score (nSPS) is 12.1. The van der Waals surface area contributed by atoms with Gasteiger partial charge < -0.3 is 20.6 Å². The smallest absolute Gasteiger partial charge is 0.251 e. The molecule has 178 valence electrons. The zero-order chi connectivity index (χ0) is 24.1. The Bertz CT molecular complexity index is 1320. The summed E-state index contributed by atoms with van der Waals surface area (Å²) in [4.78, 5) is 24.4. The van der Waals surface area contributed by atoms with Crippen LogP contribution in [0.2, 0.25) is 0 Å². The largest absolute Gasteiger partial charge is 0.382 e. The van der Waals surface area contributed by atoms with Gasteiger partial charge in [-0.15, -0.1) is 0 Å². The lowest BCUT2D eigenvalue weighted by atomic mass is 9.92. The second-order valence-electron chi connectivity index (χ2n) is 8.36. The third kappa shape index (κ3) is 4.92. The highest BCUT2D eigenvalue weighted by molar-refractivity contribution is 5.73. The Morgan fingerprint density at radius 1 is 1.15 bits per heavy atom. The first kappa shape index (κ1) is 23.4. The maximum absolute atomic E-state index is 12.5. The van der Waals surface area contributed by atoms with Crippen LogP contribution in [-0.4, -0.2) is 27.2 Å². The van der Waals surface area contributed by atoms with E-state index in [1.54, 1.807) is 12.4 Å². The zero-order valence-corrected chi connectivity index (χ0v) is 19.8. The lowest BCUT2D eigenvalue weighted by molar-refractivity contribution is 0.434. The summed E-state index contributed by atoms with van der Waals surface area (Å²) in [5, 5.41) is 7.33. The lowest BCUT2D eigenvalue weighted by Gasteiger charge is -2.14. The number of H-pyrrole nitrogens is 1. The molecule has 0 radical (unpaired) electrons. The van der Waals surface area contributed by atoms with Crippen molar-refractivity contribution in [1.82, 2.24) is 25.4 Å². The van der Waals surface area contributed by atoms with E-state index in [0.29, 0.717) is 22.8 Å². The van der Waals surface area contributed by atoms with Gasteiger partial charge in [-0.25, -0.2) is 9.97 Å². The molecule has 0 aliphatic carbocycles.